The average Bonchev–Trinajstić information content (AvgIpc) is 1.94. The van der Waals surface area contributed by atoms with Crippen molar-refractivity contribution in [1.29, 1.82) is 0 Å². The zero-order valence-electron chi connectivity index (χ0n) is 5.89. The van der Waals surface area contributed by atoms with Gasteiger partial charge < -0.3 is 0 Å². The molecule has 0 radical (unpaired) electrons. The molecule has 0 unspecified atom stereocenters. The Morgan fingerprint density at radius 3 is 2.80 bits per heavy atom. The fraction of sp³-hybridized carbons (Fsp3) is 0.286. The highest BCUT2D eigenvalue weighted by molar-refractivity contribution is 7.98. The van der Waals surface area contributed by atoms with E-state index in [1.165, 1.54) is 18.0 Å². The number of pyridine rings is 1. The lowest BCUT2D eigenvalue weighted by Crippen LogP contribution is -1.85. The van der Waals surface area contributed by atoms with Gasteiger partial charge in [-0.15, -0.1) is 11.8 Å². The second-order valence-electron chi connectivity index (χ2n) is 1.96. The van der Waals surface area contributed by atoms with Crippen LogP contribution in [0.3, 0.4) is 0 Å². The number of halogens is 1. The third-order valence-electron chi connectivity index (χ3n) is 1.18. The van der Waals surface area contributed by atoms with Gasteiger partial charge in [0.2, 0.25) is 0 Å². The Labute approximate surface area is 63.7 Å². The normalized spacial score (nSPS) is 9.90. The largest absolute Gasteiger partial charge is 0.258 e. The Kier molecular flexibility index (Phi) is 2.27. The van der Waals surface area contributed by atoms with Gasteiger partial charge in [0.25, 0.3) is 0 Å². The Hall–Kier alpha value is -0.570. The minimum absolute atomic E-state index is 0.238. The number of nitrogens with zero attached hydrogens (tertiary/aromatic N) is 1. The van der Waals surface area contributed by atoms with Crippen LogP contribution in [0.4, 0.5) is 4.39 Å². The van der Waals surface area contributed by atoms with E-state index in [2.05, 4.69) is 4.98 Å². The van der Waals surface area contributed by atoms with E-state index in [9.17, 15) is 4.39 Å². The van der Waals surface area contributed by atoms with Crippen LogP contribution in [0, 0.1) is 12.7 Å². The quantitative estimate of drug-likeness (QED) is 0.580. The van der Waals surface area contributed by atoms with Crippen molar-refractivity contribution < 1.29 is 4.39 Å². The third kappa shape index (κ3) is 1.48. The van der Waals surface area contributed by atoms with Crippen molar-refractivity contribution in [2.24, 2.45) is 0 Å². The smallest absolute Gasteiger partial charge is 0.155 e. The van der Waals surface area contributed by atoms with Gasteiger partial charge in [-0.25, -0.2) is 4.39 Å². The van der Waals surface area contributed by atoms with Gasteiger partial charge in [0.1, 0.15) is 0 Å². The maximum atomic E-state index is 12.7. The molecule has 0 fully saturated rings. The molecule has 0 bridgehead atoms. The summed E-state index contributed by atoms with van der Waals surface area (Å²) in [6, 6.07) is 1.74. The third-order valence-corrected chi connectivity index (χ3v) is 1.93. The molecule has 0 aromatic carbocycles. The fourth-order valence-corrected chi connectivity index (χ4v) is 1.21. The summed E-state index contributed by atoms with van der Waals surface area (Å²) >= 11 is 1.39. The highest BCUT2D eigenvalue weighted by Crippen LogP contribution is 2.17. The summed E-state index contributed by atoms with van der Waals surface area (Å²) in [6.07, 6.45) is 3.10. The number of aromatic nitrogens is 1. The standard InChI is InChI=1S/C7H8FNS/c1-5-3-7(10-2)6(8)4-9-5/h3-4H,1-2H3. The summed E-state index contributed by atoms with van der Waals surface area (Å²) in [7, 11) is 0. The summed E-state index contributed by atoms with van der Waals surface area (Å²) in [5.74, 6) is -0.238. The molecule has 0 spiro atoms. The molecule has 1 rings (SSSR count). The zero-order chi connectivity index (χ0) is 7.56. The molecule has 1 nitrogen and oxygen atoms in total. The Morgan fingerprint density at radius 1 is 1.60 bits per heavy atom. The SMILES string of the molecule is CSc1cc(C)ncc1F. The first-order chi connectivity index (χ1) is 4.74. The molecule has 0 aliphatic heterocycles. The van der Waals surface area contributed by atoms with Crippen molar-refractivity contribution in [1.82, 2.24) is 4.98 Å². The molecule has 0 aliphatic carbocycles. The summed E-state index contributed by atoms with van der Waals surface area (Å²) in [6.45, 7) is 1.85. The molecular weight excluding hydrogens is 149 g/mol. The van der Waals surface area contributed by atoms with E-state index in [1.54, 1.807) is 6.07 Å². The molecule has 0 N–H and O–H groups in total. The Bertz CT molecular complexity index is 237. The van der Waals surface area contributed by atoms with Crippen molar-refractivity contribution in [2.45, 2.75) is 11.8 Å². The molecule has 3 heteroatoms. The number of hydrogen-bond donors (Lipinski definition) is 0. The molecule has 0 amide bonds. The molecule has 0 saturated heterocycles. The second-order valence-corrected chi connectivity index (χ2v) is 2.81. The van der Waals surface area contributed by atoms with E-state index in [-0.39, 0.29) is 5.82 Å². The van der Waals surface area contributed by atoms with Crippen LogP contribution in [0.5, 0.6) is 0 Å². The maximum Gasteiger partial charge on any atom is 0.155 e. The van der Waals surface area contributed by atoms with Crippen LogP contribution in [0.15, 0.2) is 17.2 Å². The fourth-order valence-electron chi connectivity index (χ4n) is 0.674. The zero-order valence-corrected chi connectivity index (χ0v) is 6.70. The average molecular weight is 157 g/mol. The van der Waals surface area contributed by atoms with Gasteiger partial charge in [0, 0.05) is 10.6 Å². The summed E-state index contributed by atoms with van der Waals surface area (Å²) in [5.41, 5.74) is 0.853. The van der Waals surface area contributed by atoms with Crippen LogP contribution in [0.25, 0.3) is 0 Å². The van der Waals surface area contributed by atoms with E-state index in [0.717, 1.165) is 5.69 Å². The van der Waals surface area contributed by atoms with Crippen molar-refractivity contribution >= 4 is 11.8 Å². The van der Waals surface area contributed by atoms with Crippen LogP contribution in [-0.2, 0) is 0 Å². The van der Waals surface area contributed by atoms with Gasteiger partial charge >= 0.3 is 0 Å². The van der Waals surface area contributed by atoms with Gasteiger partial charge in [0.15, 0.2) is 5.82 Å². The van der Waals surface area contributed by atoms with Crippen LogP contribution in [0.2, 0.25) is 0 Å². The van der Waals surface area contributed by atoms with E-state index in [4.69, 9.17) is 0 Å². The molecule has 0 aliphatic rings. The minimum Gasteiger partial charge on any atom is -0.258 e. The van der Waals surface area contributed by atoms with E-state index < -0.39 is 0 Å². The molecule has 0 saturated carbocycles. The lowest BCUT2D eigenvalue weighted by Gasteiger charge is -1.97. The lowest BCUT2D eigenvalue weighted by molar-refractivity contribution is 0.594. The number of hydrogen-bond acceptors (Lipinski definition) is 2. The molecule has 1 aromatic rings. The van der Waals surface area contributed by atoms with Gasteiger partial charge in [-0.3, -0.25) is 4.98 Å². The van der Waals surface area contributed by atoms with Crippen molar-refractivity contribution in [3.05, 3.63) is 23.8 Å². The molecule has 10 heavy (non-hydrogen) atoms. The van der Waals surface area contributed by atoms with E-state index in [0.29, 0.717) is 4.90 Å². The molecule has 1 aromatic heterocycles. The summed E-state index contributed by atoms with van der Waals surface area (Å²) < 4.78 is 12.7. The molecule has 1 heterocycles. The van der Waals surface area contributed by atoms with Gasteiger partial charge in [-0.05, 0) is 19.2 Å². The van der Waals surface area contributed by atoms with Gasteiger partial charge in [-0.2, -0.15) is 0 Å². The molecule has 54 valence electrons. The van der Waals surface area contributed by atoms with Crippen molar-refractivity contribution in [3.63, 3.8) is 0 Å². The highest BCUT2D eigenvalue weighted by Gasteiger charge is 1.99. The first-order valence-electron chi connectivity index (χ1n) is 2.90. The van der Waals surface area contributed by atoms with E-state index in [1.807, 2.05) is 13.2 Å². The van der Waals surface area contributed by atoms with Gasteiger partial charge in [0.05, 0.1) is 6.20 Å². The number of rotatable bonds is 1. The summed E-state index contributed by atoms with van der Waals surface area (Å²) in [4.78, 5) is 4.46. The second kappa shape index (κ2) is 3.01. The maximum absolute atomic E-state index is 12.7. The first-order valence-corrected chi connectivity index (χ1v) is 4.12. The first kappa shape index (κ1) is 7.54. The van der Waals surface area contributed by atoms with Crippen LogP contribution in [-0.4, -0.2) is 11.2 Å². The molecular formula is C7H8FNS. The van der Waals surface area contributed by atoms with Crippen molar-refractivity contribution in [3.8, 4) is 0 Å². The number of aryl methyl sites for hydroxylation is 1. The number of thioether (sulfide) groups is 1. The van der Waals surface area contributed by atoms with Crippen LogP contribution < -0.4 is 0 Å². The predicted octanol–water partition coefficient (Wildman–Crippen LogP) is 2.25. The topological polar surface area (TPSA) is 12.9 Å². The highest BCUT2D eigenvalue weighted by atomic mass is 32.2. The van der Waals surface area contributed by atoms with Crippen molar-refractivity contribution in [2.75, 3.05) is 6.26 Å². The van der Waals surface area contributed by atoms with E-state index >= 15 is 0 Å². The van der Waals surface area contributed by atoms with Crippen LogP contribution >= 0.6 is 11.8 Å². The van der Waals surface area contributed by atoms with Gasteiger partial charge in [-0.1, -0.05) is 0 Å². The lowest BCUT2D eigenvalue weighted by atomic mass is 10.4. The monoisotopic (exact) mass is 157 g/mol. The minimum atomic E-state index is -0.238. The Morgan fingerprint density at radius 2 is 2.30 bits per heavy atom. The Balaban J connectivity index is 3.09. The molecule has 0 atom stereocenters. The summed E-state index contributed by atoms with van der Waals surface area (Å²) in [5, 5.41) is 0. The van der Waals surface area contributed by atoms with Crippen LogP contribution in [0.1, 0.15) is 5.69 Å². The predicted molar refractivity (Wildman–Crippen MR) is 40.7 cm³/mol.